The van der Waals surface area contributed by atoms with Crippen molar-refractivity contribution in [2.75, 3.05) is 13.7 Å². The van der Waals surface area contributed by atoms with E-state index < -0.39 is 17.9 Å². The average Bonchev–Trinajstić information content (AvgIpc) is 3.49. The van der Waals surface area contributed by atoms with Gasteiger partial charge in [-0.25, -0.2) is 9.18 Å². The van der Waals surface area contributed by atoms with Crippen molar-refractivity contribution in [3.63, 3.8) is 0 Å². The van der Waals surface area contributed by atoms with Crippen LogP contribution in [-0.2, 0) is 9.53 Å². The van der Waals surface area contributed by atoms with Gasteiger partial charge in [0.25, 0.3) is 0 Å². The van der Waals surface area contributed by atoms with Crippen molar-refractivity contribution in [2.24, 2.45) is 0 Å². The van der Waals surface area contributed by atoms with Crippen LogP contribution in [-0.4, -0.2) is 45.7 Å². The number of aromatic nitrogens is 3. The van der Waals surface area contributed by atoms with Gasteiger partial charge in [-0.05, 0) is 42.2 Å². The van der Waals surface area contributed by atoms with Crippen LogP contribution in [0.25, 0.3) is 27.5 Å². The van der Waals surface area contributed by atoms with E-state index >= 15 is 0 Å². The number of carboxylic acids is 1. The van der Waals surface area contributed by atoms with E-state index in [0.717, 1.165) is 38.8 Å². The zero-order valence-electron chi connectivity index (χ0n) is 18.1. The number of nitrogens with one attached hydrogen (secondary N) is 1. The van der Waals surface area contributed by atoms with E-state index in [0.29, 0.717) is 13.0 Å². The van der Waals surface area contributed by atoms with Crippen LogP contribution in [0, 0.1) is 5.82 Å². The van der Waals surface area contributed by atoms with Crippen molar-refractivity contribution < 1.29 is 23.8 Å². The second-order valence-corrected chi connectivity index (χ2v) is 8.53. The second kappa shape index (κ2) is 7.63. The third kappa shape index (κ3) is 3.14. The molecule has 0 aliphatic carbocycles. The summed E-state index contributed by atoms with van der Waals surface area (Å²) >= 11 is 0. The van der Waals surface area contributed by atoms with Gasteiger partial charge in [0, 0.05) is 34.1 Å². The first-order chi connectivity index (χ1) is 15.4. The molecule has 3 heterocycles. The molecule has 1 saturated heterocycles. The van der Waals surface area contributed by atoms with E-state index in [1.807, 2.05) is 0 Å². The number of aliphatic carboxylic acids is 1. The number of carbonyl (C=O) groups is 1. The van der Waals surface area contributed by atoms with Crippen LogP contribution in [0.1, 0.15) is 43.4 Å². The monoisotopic (exact) mass is 437 g/mol. The summed E-state index contributed by atoms with van der Waals surface area (Å²) in [5.41, 5.74) is 4.74. The summed E-state index contributed by atoms with van der Waals surface area (Å²) in [6, 6.07) is 8.94. The van der Waals surface area contributed by atoms with Gasteiger partial charge < -0.3 is 19.1 Å². The molecule has 0 bridgehead atoms. The van der Waals surface area contributed by atoms with Crippen LogP contribution in [0.2, 0.25) is 0 Å². The lowest BCUT2D eigenvalue weighted by Gasteiger charge is -2.18. The maximum Gasteiger partial charge on any atom is 0.332 e. The van der Waals surface area contributed by atoms with E-state index in [1.54, 1.807) is 18.3 Å². The lowest BCUT2D eigenvalue weighted by atomic mass is 9.90. The second-order valence-electron chi connectivity index (χ2n) is 8.53. The Bertz CT molecular complexity index is 1340. The summed E-state index contributed by atoms with van der Waals surface area (Å²) in [7, 11) is 1.45. The highest BCUT2D eigenvalue weighted by atomic mass is 19.1. The number of benzene rings is 2. The number of aromatic amines is 1. The molecule has 2 aromatic carbocycles. The van der Waals surface area contributed by atoms with Crippen molar-refractivity contribution in [1.82, 2.24) is 14.8 Å². The number of nitrogens with zero attached hydrogens (tertiary/aromatic N) is 2. The average molecular weight is 437 g/mol. The highest BCUT2D eigenvalue weighted by Crippen LogP contribution is 2.43. The first kappa shape index (κ1) is 20.5. The molecule has 166 valence electrons. The van der Waals surface area contributed by atoms with Crippen molar-refractivity contribution in [3.8, 4) is 11.4 Å². The molecule has 4 aromatic rings. The molecule has 0 amide bonds. The van der Waals surface area contributed by atoms with Gasteiger partial charge in [0.2, 0.25) is 0 Å². The van der Waals surface area contributed by atoms with Crippen LogP contribution in [0.4, 0.5) is 4.39 Å². The fourth-order valence-corrected chi connectivity index (χ4v) is 4.83. The predicted molar refractivity (Wildman–Crippen MR) is 118 cm³/mol. The van der Waals surface area contributed by atoms with Crippen LogP contribution >= 0.6 is 0 Å². The topological polar surface area (TPSA) is 89.4 Å². The molecule has 2 unspecified atom stereocenters. The van der Waals surface area contributed by atoms with E-state index in [-0.39, 0.29) is 17.6 Å². The van der Waals surface area contributed by atoms with Gasteiger partial charge in [0.1, 0.15) is 0 Å². The fraction of sp³-hybridized carbons (Fsp3) is 0.333. The molecular formula is C24H24FN3O4. The molecule has 1 fully saturated rings. The van der Waals surface area contributed by atoms with Crippen LogP contribution in [0.5, 0.6) is 5.75 Å². The van der Waals surface area contributed by atoms with Gasteiger partial charge in [-0.3, -0.25) is 5.10 Å². The van der Waals surface area contributed by atoms with Crippen molar-refractivity contribution in [3.05, 3.63) is 53.6 Å². The van der Waals surface area contributed by atoms with Gasteiger partial charge in [0.05, 0.1) is 30.9 Å². The molecule has 1 aliphatic rings. The standard InChI is InChI=1S/C24H24FN3O4/c1-12(2)23-22(14-7-21(24(29)30)32-11-14)16-9-18-13(10-26-27-18)6-19(16)28(23)15-4-5-17(25)20(8-15)31-3/h4-6,8-10,12,14,21H,7,11H2,1-3H3,(H,26,27)(H,29,30). The summed E-state index contributed by atoms with van der Waals surface area (Å²) in [6.45, 7) is 4.54. The molecule has 0 spiro atoms. The summed E-state index contributed by atoms with van der Waals surface area (Å²) in [5, 5.41) is 18.6. The highest BCUT2D eigenvalue weighted by Gasteiger charge is 2.36. The Balaban J connectivity index is 1.83. The fourth-order valence-electron chi connectivity index (χ4n) is 4.83. The Morgan fingerprint density at radius 3 is 2.84 bits per heavy atom. The minimum atomic E-state index is -0.943. The lowest BCUT2D eigenvalue weighted by Crippen LogP contribution is -2.18. The van der Waals surface area contributed by atoms with Crippen molar-refractivity contribution in [1.29, 1.82) is 0 Å². The number of hydrogen-bond donors (Lipinski definition) is 2. The number of fused-ring (bicyclic) bond motifs is 2. The number of rotatable bonds is 5. The SMILES string of the molecule is COc1cc(-n2c(C(C)C)c(C3COC(C(=O)O)C3)c3cc4[nH]ncc4cc32)ccc1F. The Kier molecular flexibility index (Phi) is 4.89. The number of hydrogen-bond acceptors (Lipinski definition) is 4. The molecule has 2 atom stereocenters. The minimum Gasteiger partial charge on any atom is -0.494 e. The molecule has 7 nitrogen and oxygen atoms in total. The Labute approximate surface area is 183 Å². The largest absolute Gasteiger partial charge is 0.494 e. The quantitative estimate of drug-likeness (QED) is 0.471. The molecule has 8 heteroatoms. The minimum absolute atomic E-state index is 0.0695. The zero-order valence-corrected chi connectivity index (χ0v) is 18.1. The van der Waals surface area contributed by atoms with Gasteiger partial charge in [-0.2, -0.15) is 5.10 Å². The Hall–Kier alpha value is -3.39. The molecule has 0 radical (unpaired) electrons. The molecule has 32 heavy (non-hydrogen) atoms. The maximum atomic E-state index is 14.2. The number of H-pyrrole nitrogens is 1. The van der Waals surface area contributed by atoms with Gasteiger partial charge in [-0.15, -0.1) is 0 Å². The summed E-state index contributed by atoms with van der Waals surface area (Å²) < 4.78 is 27.1. The number of methoxy groups -OCH3 is 1. The van der Waals surface area contributed by atoms with Crippen molar-refractivity contribution in [2.45, 2.75) is 38.2 Å². The smallest absolute Gasteiger partial charge is 0.332 e. The summed E-state index contributed by atoms with van der Waals surface area (Å²) in [4.78, 5) is 11.5. The van der Waals surface area contributed by atoms with Crippen LogP contribution in [0.3, 0.4) is 0 Å². The number of carboxylic acid groups (broad SMARTS) is 1. The predicted octanol–water partition coefficient (Wildman–Crippen LogP) is 4.74. The van der Waals surface area contributed by atoms with E-state index in [4.69, 9.17) is 9.47 Å². The Morgan fingerprint density at radius 1 is 1.34 bits per heavy atom. The van der Waals surface area contributed by atoms with Crippen LogP contribution < -0.4 is 4.74 Å². The van der Waals surface area contributed by atoms with E-state index in [2.05, 4.69) is 40.7 Å². The van der Waals surface area contributed by atoms with E-state index in [1.165, 1.54) is 13.2 Å². The van der Waals surface area contributed by atoms with Crippen molar-refractivity contribution >= 4 is 27.8 Å². The highest BCUT2D eigenvalue weighted by molar-refractivity contribution is 5.99. The van der Waals surface area contributed by atoms with E-state index in [9.17, 15) is 14.3 Å². The molecule has 2 aromatic heterocycles. The molecule has 5 rings (SSSR count). The summed E-state index contributed by atoms with van der Waals surface area (Å²) in [5.74, 6) is -1.15. The number of ether oxygens (including phenoxy) is 2. The zero-order chi connectivity index (χ0) is 22.6. The molecule has 1 aliphatic heterocycles. The normalized spacial score (nSPS) is 18.8. The lowest BCUT2D eigenvalue weighted by molar-refractivity contribution is -0.147. The molecule has 2 N–H and O–H groups in total. The van der Waals surface area contributed by atoms with Gasteiger partial charge >= 0.3 is 5.97 Å². The third-order valence-corrected chi connectivity index (χ3v) is 6.23. The van der Waals surface area contributed by atoms with Gasteiger partial charge in [0.15, 0.2) is 17.7 Å². The first-order valence-corrected chi connectivity index (χ1v) is 10.6. The molecular weight excluding hydrogens is 413 g/mol. The first-order valence-electron chi connectivity index (χ1n) is 10.6. The van der Waals surface area contributed by atoms with Crippen LogP contribution in [0.15, 0.2) is 36.5 Å². The number of halogens is 1. The maximum absolute atomic E-state index is 14.2. The summed E-state index contributed by atoms with van der Waals surface area (Å²) in [6.07, 6.45) is 1.35. The molecule has 0 saturated carbocycles. The van der Waals surface area contributed by atoms with Gasteiger partial charge in [-0.1, -0.05) is 13.8 Å². The third-order valence-electron chi connectivity index (χ3n) is 6.23. The Morgan fingerprint density at radius 2 is 2.16 bits per heavy atom.